The number of thiazole rings is 1. The van der Waals surface area contributed by atoms with Crippen LogP contribution in [0.2, 0.25) is 0 Å². The number of rotatable bonds is 7. The molecule has 0 aliphatic heterocycles. The first-order valence-electron chi connectivity index (χ1n) is 7.84. The molecular weight excluding hydrogens is 320 g/mol. The molecule has 1 aromatic heterocycles. The van der Waals surface area contributed by atoms with E-state index in [0.717, 1.165) is 29.2 Å². The van der Waals surface area contributed by atoms with Gasteiger partial charge in [0.1, 0.15) is 11.5 Å². The summed E-state index contributed by atoms with van der Waals surface area (Å²) >= 11 is 1.44. The van der Waals surface area contributed by atoms with Gasteiger partial charge >= 0.3 is 0 Å². The molecule has 0 unspecified atom stereocenters. The maximum atomic E-state index is 5.80. The van der Waals surface area contributed by atoms with Gasteiger partial charge in [0, 0.05) is 17.4 Å². The zero-order valence-electron chi connectivity index (χ0n) is 13.6. The smallest absolute Gasteiger partial charge is 0.180 e. The molecule has 2 N–H and O–H groups in total. The second-order valence-electron chi connectivity index (χ2n) is 5.46. The molecule has 0 aliphatic rings. The Kier molecular flexibility index (Phi) is 5.33. The van der Waals surface area contributed by atoms with Gasteiger partial charge in [-0.25, -0.2) is 4.98 Å². The van der Waals surface area contributed by atoms with Crippen molar-refractivity contribution >= 4 is 16.5 Å². The van der Waals surface area contributed by atoms with E-state index in [1.165, 1.54) is 16.9 Å². The Labute approximate surface area is 145 Å². The lowest BCUT2D eigenvalue weighted by atomic mass is 10.2. The highest BCUT2D eigenvalue weighted by Crippen LogP contribution is 2.26. The van der Waals surface area contributed by atoms with E-state index in [4.69, 9.17) is 15.2 Å². The van der Waals surface area contributed by atoms with Gasteiger partial charge in [-0.15, -0.1) is 11.3 Å². The lowest BCUT2D eigenvalue weighted by Gasteiger charge is -2.09. The summed E-state index contributed by atoms with van der Waals surface area (Å²) in [6.45, 7) is 3.30. The molecule has 0 amide bonds. The molecule has 2 aromatic carbocycles. The second kappa shape index (κ2) is 7.84. The quantitative estimate of drug-likeness (QED) is 0.641. The van der Waals surface area contributed by atoms with Crippen molar-refractivity contribution in [1.29, 1.82) is 0 Å². The van der Waals surface area contributed by atoms with Gasteiger partial charge in [0.15, 0.2) is 5.13 Å². The highest BCUT2D eigenvalue weighted by Gasteiger charge is 2.04. The molecule has 3 aromatic rings. The Hall–Kier alpha value is -2.53. The fourth-order valence-corrected chi connectivity index (χ4v) is 2.81. The van der Waals surface area contributed by atoms with Crippen LogP contribution in [0.1, 0.15) is 12.0 Å². The summed E-state index contributed by atoms with van der Waals surface area (Å²) < 4.78 is 11.5. The number of anilines is 1. The third-order valence-electron chi connectivity index (χ3n) is 3.50. The van der Waals surface area contributed by atoms with E-state index in [1.54, 1.807) is 0 Å². The lowest BCUT2D eigenvalue weighted by molar-refractivity contribution is 0.247. The van der Waals surface area contributed by atoms with Gasteiger partial charge in [-0.05, 0) is 31.2 Å². The van der Waals surface area contributed by atoms with E-state index < -0.39 is 0 Å². The molecular formula is C19H20N2O2S. The minimum Gasteiger partial charge on any atom is -0.493 e. The van der Waals surface area contributed by atoms with Crippen molar-refractivity contribution in [2.24, 2.45) is 0 Å². The first-order valence-corrected chi connectivity index (χ1v) is 8.72. The summed E-state index contributed by atoms with van der Waals surface area (Å²) in [7, 11) is 0. The summed E-state index contributed by atoms with van der Waals surface area (Å²) in [5, 5.41) is 2.52. The highest BCUT2D eigenvalue weighted by atomic mass is 32.1. The summed E-state index contributed by atoms with van der Waals surface area (Å²) in [6, 6.07) is 15.9. The molecule has 0 atom stereocenters. The van der Waals surface area contributed by atoms with Crippen molar-refractivity contribution in [3.05, 3.63) is 59.5 Å². The van der Waals surface area contributed by atoms with Gasteiger partial charge in [0.25, 0.3) is 0 Å². The molecule has 0 bridgehead atoms. The Morgan fingerprint density at radius 2 is 1.75 bits per heavy atom. The number of nitrogen functional groups attached to an aromatic ring is 1. The van der Waals surface area contributed by atoms with E-state index in [0.29, 0.717) is 18.3 Å². The van der Waals surface area contributed by atoms with Gasteiger partial charge in [0.05, 0.1) is 18.9 Å². The van der Waals surface area contributed by atoms with E-state index in [-0.39, 0.29) is 0 Å². The number of nitrogens with two attached hydrogens (primary N) is 1. The number of aryl methyl sites for hydroxylation is 1. The Bertz CT molecular complexity index is 784. The van der Waals surface area contributed by atoms with Gasteiger partial charge in [0.2, 0.25) is 0 Å². The summed E-state index contributed by atoms with van der Waals surface area (Å²) in [5.74, 6) is 1.72. The Morgan fingerprint density at radius 1 is 1.00 bits per heavy atom. The summed E-state index contributed by atoms with van der Waals surface area (Å²) in [6.07, 6.45) is 0.821. The Balaban J connectivity index is 1.46. The van der Waals surface area contributed by atoms with Crippen LogP contribution in [-0.2, 0) is 0 Å². The van der Waals surface area contributed by atoms with Crippen molar-refractivity contribution in [2.45, 2.75) is 13.3 Å². The second-order valence-corrected chi connectivity index (χ2v) is 6.35. The molecule has 5 heteroatoms. The minimum absolute atomic E-state index is 0.574. The van der Waals surface area contributed by atoms with Crippen LogP contribution >= 0.6 is 11.3 Å². The largest absolute Gasteiger partial charge is 0.493 e. The molecule has 0 saturated heterocycles. The van der Waals surface area contributed by atoms with Crippen molar-refractivity contribution in [3.8, 4) is 22.8 Å². The fraction of sp³-hybridized carbons (Fsp3) is 0.211. The van der Waals surface area contributed by atoms with Crippen LogP contribution in [0.4, 0.5) is 5.13 Å². The van der Waals surface area contributed by atoms with E-state index >= 15 is 0 Å². The molecule has 24 heavy (non-hydrogen) atoms. The maximum absolute atomic E-state index is 5.80. The molecule has 3 rings (SSSR count). The van der Waals surface area contributed by atoms with Crippen molar-refractivity contribution in [3.63, 3.8) is 0 Å². The normalized spacial score (nSPS) is 10.5. The third kappa shape index (κ3) is 4.49. The number of hydrogen-bond donors (Lipinski definition) is 1. The topological polar surface area (TPSA) is 57.4 Å². The minimum atomic E-state index is 0.574. The van der Waals surface area contributed by atoms with E-state index in [1.807, 2.05) is 53.9 Å². The van der Waals surface area contributed by atoms with Crippen LogP contribution in [0.5, 0.6) is 11.5 Å². The predicted octanol–water partition coefficient (Wildman–Crippen LogP) is 4.55. The summed E-state index contributed by atoms with van der Waals surface area (Å²) in [5.41, 5.74) is 8.81. The van der Waals surface area contributed by atoms with Gasteiger partial charge < -0.3 is 15.2 Å². The zero-order valence-corrected chi connectivity index (χ0v) is 14.4. The van der Waals surface area contributed by atoms with Crippen LogP contribution in [0, 0.1) is 6.92 Å². The SMILES string of the molecule is Cc1ccc(OCCCOc2cccc(-c3csc(N)n3)c2)cc1. The Morgan fingerprint density at radius 3 is 2.46 bits per heavy atom. The van der Waals surface area contributed by atoms with E-state index in [9.17, 15) is 0 Å². The molecule has 0 fully saturated rings. The molecule has 0 radical (unpaired) electrons. The van der Waals surface area contributed by atoms with Crippen LogP contribution in [0.3, 0.4) is 0 Å². The van der Waals surface area contributed by atoms with Crippen LogP contribution in [-0.4, -0.2) is 18.2 Å². The number of ether oxygens (including phenoxy) is 2. The van der Waals surface area contributed by atoms with Gasteiger partial charge in [-0.3, -0.25) is 0 Å². The molecule has 124 valence electrons. The molecule has 0 saturated carbocycles. The molecule has 1 heterocycles. The van der Waals surface area contributed by atoms with Crippen molar-refractivity contribution < 1.29 is 9.47 Å². The van der Waals surface area contributed by atoms with Crippen LogP contribution in [0.15, 0.2) is 53.9 Å². The van der Waals surface area contributed by atoms with Gasteiger partial charge in [-0.2, -0.15) is 0 Å². The third-order valence-corrected chi connectivity index (χ3v) is 4.17. The molecule has 4 nitrogen and oxygen atoms in total. The lowest BCUT2D eigenvalue weighted by Crippen LogP contribution is -2.05. The van der Waals surface area contributed by atoms with Crippen LogP contribution in [0.25, 0.3) is 11.3 Å². The average molecular weight is 340 g/mol. The van der Waals surface area contributed by atoms with Crippen molar-refractivity contribution in [2.75, 3.05) is 18.9 Å². The van der Waals surface area contributed by atoms with Crippen LogP contribution < -0.4 is 15.2 Å². The first kappa shape index (κ1) is 16.3. The first-order chi connectivity index (χ1) is 11.7. The standard InChI is InChI=1S/C19H20N2O2S/c1-14-6-8-16(9-7-14)22-10-3-11-23-17-5-2-4-15(12-17)18-13-24-19(20)21-18/h2,4-9,12-13H,3,10-11H2,1H3,(H2,20,21). The number of aromatic nitrogens is 1. The van der Waals surface area contributed by atoms with E-state index in [2.05, 4.69) is 11.9 Å². The molecule has 0 aliphatic carbocycles. The molecule has 0 spiro atoms. The number of benzene rings is 2. The van der Waals surface area contributed by atoms with Crippen molar-refractivity contribution in [1.82, 2.24) is 4.98 Å². The fourth-order valence-electron chi connectivity index (χ4n) is 2.24. The average Bonchev–Trinajstić information content (AvgIpc) is 3.03. The number of nitrogens with zero attached hydrogens (tertiary/aromatic N) is 1. The zero-order chi connectivity index (χ0) is 16.8. The maximum Gasteiger partial charge on any atom is 0.180 e. The number of hydrogen-bond acceptors (Lipinski definition) is 5. The summed E-state index contributed by atoms with van der Waals surface area (Å²) in [4.78, 5) is 4.29. The van der Waals surface area contributed by atoms with Gasteiger partial charge in [-0.1, -0.05) is 29.8 Å². The predicted molar refractivity (Wildman–Crippen MR) is 98.7 cm³/mol. The highest BCUT2D eigenvalue weighted by molar-refractivity contribution is 7.13. The monoisotopic (exact) mass is 340 g/mol.